The molecule has 0 bridgehead atoms. The van der Waals surface area contributed by atoms with Crippen LogP contribution in [0.4, 0.5) is 5.95 Å². The zero-order valence-electron chi connectivity index (χ0n) is 9.43. The Labute approximate surface area is 98.3 Å². The van der Waals surface area contributed by atoms with Crippen LogP contribution in [0.3, 0.4) is 0 Å². The van der Waals surface area contributed by atoms with Gasteiger partial charge in [0.1, 0.15) is 0 Å². The maximum absolute atomic E-state index is 11.1. The fraction of sp³-hybridized carbons (Fsp3) is 0.700. The van der Waals surface area contributed by atoms with Crippen molar-refractivity contribution in [2.75, 3.05) is 18.5 Å². The molecule has 2 atom stereocenters. The van der Waals surface area contributed by atoms with Crippen molar-refractivity contribution >= 4 is 11.9 Å². The van der Waals surface area contributed by atoms with Gasteiger partial charge in [-0.3, -0.25) is 4.79 Å². The van der Waals surface area contributed by atoms with Crippen molar-refractivity contribution in [3.63, 3.8) is 0 Å². The molecule has 92 valence electrons. The Morgan fingerprint density at radius 1 is 1.53 bits per heavy atom. The lowest BCUT2D eigenvalue weighted by Crippen LogP contribution is -2.32. The second-order valence-electron chi connectivity index (χ2n) is 4.40. The smallest absolute Gasteiger partial charge is 0.288 e. The minimum absolute atomic E-state index is 0.0670. The van der Waals surface area contributed by atoms with Gasteiger partial charge in [-0.15, -0.1) is 5.10 Å². The first-order valence-electron chi connectivity index (χ1n) is 5.87. The number of nitrogens with two attached hydrogens (primary N) is 1. The van der Waals surface area contributed by atoms with Crippen LogP contribution >= 0.6 is 0 Å². The van der Waals surface area contributed by atoms with E-state index >= 15 is 0 Å². The van der Waals surface area contributed by atoms with Crippen molar-refractivity contribution in [3.05, 3.63) is 5.82 Å². The Balaban J connectivity index is 1.92. The van der Waals surface area contributed by atoms with E-state index in [2.05, 4.69) is 15.4 Å². The molecule has 1 amide bonds. The van der Waals surface area contributed by atoms with Crippen molar-refractivity contribution in [3.8, 4) is 0 Å². The van der Waals surface area contributed by atoms with Gasteiger partial charge in [-0.1, -0.05) is 0 Å². The molecule has 1 aromatic heterocycles. The molecule has 2 aliphatic rings. The number of primary amides is 1. The number of nitrogens with one attached hydrogen (secondary N) is 1. The Bertz CT molecular complexity index is 438. The van der Waals surface area contributed by atoms with Gasteiger partial charge in [0.2, 0.25) is 11.8 Å². The van der Waals surface area contributed by atoms with Gasteiger partial charge in [0.25, 0.3) is 5.91 Å². The van der Waals surface area contributed by atoms with Crippen molar-refractivity contribution in [2.24, 2.45) is 5.73 Å². The Morgan fingerprint density at radius 2 is 2.41 bits per heavy atom. The zero-order chi connectivity index (χ0) is 11.8. The minimum atomic E-state index is -0.597. The number of carbonyl (C=O) groups excluding carboxylic acids is 1. The van der Waals surface area contributed by atoms with Crippen LogP contribution in [-0.2, 0) is 4.74 Å². The summed E-state index contributed by atoms with van der Waals surface area (Å²) in [5, 5.41) is 7.28. The third kappa shape index (κ3) is 1.76. The zero-order valence-corrected chi connectivity index (χ0v) is 9.43. The normalized spacial score (nSPS) is 27.5. The number of aromatic nitrogens is 3. The molecule has 2 unspecified atom stereocenters. The monoisotopic (exact) mass is 237 g/mol. The van der Waals surface area contributed by atoms with Crippen LogP contribution in [0.2, 0.25) is 0 Å². The van der Waals surface area contributed by atoms with Gasteiger partial charge < -0.3 is 15.8 Å². The van der Waals surface area contributed by atoms with Crippen molar-refractivity contribution < 1.29 is 9.53 Å². The summed E-state index contributed by atoms with van der Waals surface area (Å²) in [5.74, 6) is 0.0859. The van der Waals surface area contributed by atoms with Gasteiger partial charge in [0.15, 0.2) is 0 Å². The molecule has 3 heterocycles. The van der Waals surface area contributed by atoms with Crippen LogP contribution in [0, 0.1) is 0 Å². The van der Waals surface area contributed by atoms with Gasteiger partial charge in [-0.2, -0.15) is 4.98 Å². The largest absolute Gasteiger partial charge is 0.376 e. The van der Waals surface area contributed by atoms with E-state index in [9.17, 15) is 4.79 Å². The average Bonchev–Trinajstić information content (AvgIpc) is 2.97. The van der Waals surface area contributed by atoms with Crippen molar-refractivity contribution in [1.82, 2.24) is 14.8 Å². The second-order valence-corrected chi connectivity index (χ2v) is 4.40. The molecule has 0 radical (unpaired) electrons. The van der Waals surface area contributed by atoms with E-state index < -0.39 is 5.91 Å². The highest BCUT2D eigenvalue weighted by molar-refractivity contribution is 5.89. The molecule has 1 fully saturated rings. The number of fused-ring (bicyclic) bond motifs is 1. The SMILES string of the molecule is NC(=O)c1nc2n(n1)C(C1CCCO1)CCN2. The van der Waals surface area contributed by atoms with E-state index in [1.54, 1.807) is 4.68 Å². The third-order valence-corrected chi connectivity index (χ3v) is 3.28. The minimum Gasteiger partial charge on any atom is -0.376 e. The van der Waals surface area contributed by atoms with Gasteiger partial charge in [-0.05, 0) is 19.3 Å². The molecule has 0 spiro atoms. The topological polar surface area (TPSA) is 95.1 Å². The molecule has 7 nitrogen and oxygen atoms in total. The summed E-state index contributed by atoms with van der Waals surface area (Å²) in [6.45, 7) is 1.63. The summed E-state index contributed by atoms with van der Waals surface area (Å²) in [5.41, 5.74) is 5.19. The molecule has 1 aromatic rings. The first-order chi connectivity index (χ1) is 8.25. The predicted octanol–water partition coefficient (Wildman–Crippen LogP) is -0.0873. The van der Waals surface area contributed by atoms with E-state index in [0.29, 0.717) is 5.95 Å². The molecule has 2 aliphatic heterocycles. The summed E-state index contributed by atoms with van der Waals surface area (Å²) in [7, 11) is 0. The summed E-state index contributed by atoms with van der Waals surface area (Å²) in [4.78, 5) is 15.2. The van der Waals surface area contributed by atoms with Crippen molar-refractivity contribution in [1.29, 1.82) is 0 Å². The number of anilines is 1. The highest BCUT2D eigenvalue weighted by Gasteiger charge is 2.33. The molecule has 0 aromatic carbocycles. The summed E-state index contributed by atoms with van der Waals surface area (Å²) >= 11 is 0. The van der Waals surface area contributed by atoms with Gasteiger partial charge >= 0.3 is 0 Å². The molecule has 3 N–H and O–H groups in total. The fourth-order valence-electron chi connectivity index (χ4n) is 2.48. The number of ether oxygens (including phenoxy) is 1. The molecule has 0 aliphatic carbocycles. The number of nitrogens with zero attached hydrogens (tertiary/aromatic N) is 3. The standard InChI is InChI=1S/C10H15N5O2/c11-8(16)9-13-10-12-4-3-6(15(10)14-9)7-2-1-5-17-7/h6-7H,1-5H2,(H2,11,16)(H,12,13,14). The number of hydrogen-bond donors (Lipinski definition) is 2. The van der Waals surface area contributed by atoms with Crippen LogP contribution in [-0.4, -0.2) is 39.9 Å². The third-order valence-electron chi connectivity index (χ3n) is 3.28. The molecule has 1 saturated heterocycles. The summed E-state index contributed by atoms with van der Waals surface area (Å²) in [6.07, 6.45) is 3.23. The van der Waals surface area contributed by atoms with Crippen LogP contribution in [0.15, 0.2) is 0 Å². The lowest BCUT2D eigenvalue weighted by molar-refractivity contribution is 0.0588. The van der Waals surface area contributed by atoms with Gasteiger partial charge in [-0.25, -0.2) is 4.68 Å². The predicted molar refractivity (Wildman–Crippen MR) is 59.7 cm³/mol. The molecule has 7 heteroatoms. The second kappa shape index (κ2) is 3.99. The van der Waals surface area contributed by atoms with E-state index in [-0.39, 0.29) is 18.0 Å². The maximum Gasteiger partial charge on any atom is 0.288 e. The Hall–Kier alpha value is -1.63. The highest BCUT2D eigenvalue weighted by atomic mass is 16.5. The van der Waals surface area contributed by atoms with Gasteiger partial charge in [0.05, 0.1) is 12.1 Å². The van der Waals surface area contributed by atoms with Crippen LogP contribution < -0.4 is 11.1 Å². The van der Waals surface area contributed by atoms with Crippen LogP contribution in [0.1, 0.15) is 35.9 Å². The summed E-state index contributed by atoms with van der Waals surface area (Å²) in [6, 6.07) is 0.161. The number of rotatable bonds is 2. The molecule has 17 heavy (non-hydrogen) atoms. The van der Waals surface area contributed by atoms with Crippen LogP contribution in [0.25, 0.3) is 0 Å². The molecular formula is C10H15N5O2. The lowest BCUT2D eigenvalue weighted by Gasteiger charge is -2.28. The Kier molecular flexibility index (Phi) is 2.47. The number of carbonyl (C=O) groups is 1. The highest BCUT2D eigenvalue weighted by Crippen LogP contribution is 2.31. The first kappa shape index (κ1) is 10.5. The molecule has 0 saturated carbocycles. The number of amides is 1. The van der Waals surface area contributed by atoms with E-state index in [1.165, 1.54) is 0 Å². The van der Waals surface area contributed by atoms with E-state index in [0.717, 1.165) is 32.4 Å². The first-order valence-corrected chi connectivity index (χ1v) is 5.87. The lowest BCUT2D eigenvalue weighted by atomic mass is 10.0. The average molecular weight is 237 g/mol. The molecular weight excluding hydrogens is 222 g/mol. The van der Waals surface area contributed by atoms with Crippen LogP contribution in [0.5, 0.6) is 0 Å². The van der Waals surface area contributed by atoms with E-state index in [4.69, 9.17) is 10.5 Å². The maximum atomic E-state index is 11.1. The molecule has 3 rings (SSSR count). The van der Waals surface area contributed by atoms with E-state index in [1.807, 2.05) is 0 Å². The fourth-order valence-corrected chi connectivity index (χ4v) is 2.48. The Morgan fingerprint density at radius 3 is 3.12 bits per heavy atom. The quantitative estimate of drug-likeness (QED) is 0.749. The number of hydrogen-bond acceptors (Lipinski definition) is 5. The summed E-state index contributed by atoms with van der Waals surface area (Å²) < 4.78 is 7.44. The van der Waals surface area contributed by atoms with Crippen molar-refractivity contribution in [2.45, 2.75) is 31.4 Å². The van der Waals surface area contributed by atoms with Gasteiger partial charge in [0, 0.05) is 13.2 Å².